The molecular formula is C18H18FNO3. The van der Waals surface area contributed by atoms with Gasteiger partial charge in [0.25, 0.3) is 5.91 Å². The van der Waals surface area contributed by atoms with E-state index in [1.54, 1.807) is 24.1 Å². The number of methoxy groups -OCH3 is 2. The topological polar surface area (TPSA) is 38.8 Å². The van der Waals surface area contributed by atoms with Crippen LogP contribution in [0.4, 0.5) is 4.39 Å². The van der Waals surface area contributed by atoms with Gasteiger partial charge in [0.2, 0.25) is 0 Å². The van der Waals surface area contributed by atoms with E-state index < -0.39 is 0 Å². The van der Waals surface area contributed by atoms with Gasteiger partial charge in [-0.25, -0.2) is 4.39 Å². The molecule has 0 unspecified atom stereocenters. The fraction of sp³-hybridized carbons (Fsp3) is 0.278. The molecule has 2 aromatic rings. The van der Waals surface area contributed by atoms with Crippen LogP contribution in [0.25, 0.3) is 0 Å². The highest BCUT2D eigenvalue weighted by molar-refractivity contribution is 5.99. The van der Waals surface area contributed by atoms with Gasteiger partial charge in [-0.2, -0.15) is 0 Å². The van der Waals surface area contributed by atoms with Crippen molar-refractivity contribution in [3.63, 3.8) is 0 Å². The Morgan fingerprint density at radius 2 is 2.00 bits per heavy atom. The molecule has 120 valence electrons. The number of ether oxygens (including phenoxy) is 2. The first-order chi connectivity index (χ1) is 11.1. The van der Waals surface area contributed by atoms with Crippen LogP contribution in [0.1, 0.15) is 21.5 Å². The number of rotatable bonds is 4. The largest absolute Gasteiger partial charge is 0.497 e. The van der Waals surface area contributed by atoms with Crippen molar-refractivity contribution >= 4 is 5.91 Å². The highest BCUT2D eigenvalue weighted by Gasteiger charge is 2.28. The Bertz CT molecular complexity index is 728. The summed E-state index contributed by atoms with van der Waals surface area (Å²) in [6.45, 7) is 0.962. The third-order valence-electron chi connectivity index (χ3n) is 4.03. The lowest BCUT2D eigenvalue weighted by atomic mass is 9.97. The predicted octanol–water partition coefficient (Wildman–Crippen LogP) is 3.04. The lowest BCUT2D eigenvalue weighted by Gasteiger charge is -2.30. The summed E-state index contributed by atoms with van der Waals surface area (Å²) in [7, 11) is 3.12. The Kier molecular flexibility index (Phi) is 4.19. The highest BCUT2D eigenvalue weighted by Crippen LogP contribution is 2.33. The number of benzene rings is 2. The van der Waals surface area contributed by atoms with E-state index in [0.717, 1.165) is 11.1 Å². The molecule has 0 saturated heterocycles. The van der Waals surface area contributed by atoms with E-state index in [0.29, 0.717) is 36.6 Å². The fourth-order valence-corrected chi connectivity index (χ4v) is 2.89. The molecule has 23 heavy (non-hydrogen) atoms. The van der Waals surface area contributed by atoms with Crippen molar-refractivity contribution in [2.24, 2.45) is 0 Å². The SMILES string of the molecule is COc1cc2c(c(OC)c1)C(=O)N(Cc1cccc(F)c1)CC2. The number of hydrogen-bond acceptors (Lipinski definition) is 3. The minimum absolute atomic E-state index is 0.102. The van der Waals surface area contributed by atoms with Crippen molar-refractivity contribution in [3.8, 4) is 11.5 Å². The summed E-state index contributed by atoms with van der Waals surface area (Å²) in [5.41, 5.74) is 2.26. The second-order valence-corrected chi connectivity index (χ2v) is 5.47. The molecule has 1 amide bonds. The van der Waals surface area contributed by atoms with E-state index in [1.807, 2.05) is 12.1 Å². The lowest BCUT2D eigenvalue weighted by molar-refractivity contribution is 0.0722. The van der Waals surface area contributed by atoms with E-state index >= 15 is 0 Å². The average molecular weight is 315 g/mol. The maximum absolute atomic E-state index is 13.3. The van der Waals surface area contributed by atoms with Crippen LogP contribution in [-0.4, -0.2) is 31.6 Å². The molecular weight excluding hydrogens is 297 g/mol. The number of carbonyl (C=O) groups excluding carboxylic acids is 1. The maximum atomic E-state index is 13.3. The maximum Gasteiger partial charge on any atom is 0.258 e. The van der Waals surface area contributed by atoms with Crippen LogP contribution in [0.2, 0.25) is 0 Å². The van der Waals surface area contributed by atoms with Gasteiger partial charge < -0.3 is 14.4 Å². The first-order valence-corrected chi connectivity index (χ1v) is 7.41. The number of fused-ring (bicyclic) bond motifs is 1. The van der Waals surface area contributed by atoms with Gasteiger partial charge >= 0.3 is 0 Å². The first kappa shape index (κ1) is 15.3. The molecule has 0 aromatic heterocycles. The Morgan fingerprint density at radius 1 is 1.17 bits per heavy atom. The molecule has 0 saturated carbocycles. The minimum atomic E-state index is -0.297. The zero-order valence-corrected chi connectivity index (χ0v) is 13.1. The Hall–Kier alpha value is -2.56. The van der Waals surface area contributed by atoms with Crippen molar-refractivity contribution in [1.82, 2.24) is 4.90 Å². The second kappa shape index (κ2) is 6.28. The molecule has 1 aliphatic rings. The van der Waals surface area contributed by atoms with Gasteiger partial charge in [-0.3, -0.25) is 4.79 Å². The van der Waals surface area contributed by atoms with Crippen LogP contribution in [0, 0.1) is 5.82 Å². The summed E-state index contributed by atoms with van der Waals surface area (Å²) in [4.78, 5) is 14.5. The van der Waals surface area contributed by atoms with Gasteiger partial charge in [0.15, 0.2) is 0 Å². The third-order valence-corrected chi connectivity index (χ3v) is 4.03. The Balaban J connectivity index is 1.91. The van der Waals surface area contributed by atoms with Gasteiger partial charge in [-0.05, 0) is 35.7 Å². The number of hydrogen-bond donors (Lipinski definition) is 0. The van der Waals surface area contributed by atoms with Crippen LogP contribution >= 0.6 is 0 Å². The highest BCUT2D eigenvalue weighted by atomic mass is 19.1. The monoisotopic (exact) mass is 315 g/mol. The zero-order valence-electron chi connectivity index (χ0n) is 13.1. The van der Waals surface area contributed by atoms with Crippen molar-refractivity contribution in [1.29, 1.82) is 0 Å². The molecule has 0 atom stereocenters. The summed E-state index contributed by atoms with van der Waals surface area (Å²) in [5, 5.41) is 0. The molecule has 4 nitrogen and oxygen atoms in total. The van der Waals surface area contributed by atoms with E-state index in [-0.39, 0.29) is 11.7 Å². The van der Waals surface area contributed by atoms with Crippen LogP contribution in [-0.2, 0) is 13.0 Å². The van der Waals surface area contributed by atoms with E-state index in [9.17, 15) is 9.18 Å². The Morgan fingerprint density at radius 3 is 2.70 bits per heavy atom. The summed E-state index contributed by atoms with van der Waals surface area (Å²) >= 11 is 0. The minimum Gasteiger partial charge on any atom is -0.497 e. The summed E-state index contributed by atoms with van der Waals surface area (Å²) in [6.07, 6.45) is 0.712. The second-order valence-electron chi connectivity index (χ2n) is 5.47. The van der Waals surface area contributed by atoms with E-state index in [4.69, 9.17) is 9.47 Å². The molecule has 0 N–H and O–H groups in total. The number of carbonyl (C=O) groups is 1. The molecule has 0 bridgehead atoms. The number of amides is 1. The number of halogens is 1. The van der Waals surface area contributed by atoms with Gasteiger partial charge in [0, 0.05) is 19.2 Å². The summed E-state index contributed by atoms with van der Waals surface area (Å²) in [5.74, 6) is 0.782. The third kappa shape index (κ3) is 2.99. The molecule has 0 aliphatic carbocycles. The molecule has 1 aliphatic heterocycles. The normalized spacial score (nSPS) is 13.7. The van der Waals surface area contributed by atoms with Gasteiger partial charge in [0.05, 0.1) is 19.8 Å². The van der Waals surface area contributed by atoms with Crippen molar-refractivity contribution in [2.75, 3.05) is 20.8 Å². The van der Waals surface area contributed by atoms with Crippen molar-refractivity contribution in [3.05, 3.63) is 58.9 Å². The molecule has 2 aromatic carbocycles. The standard InChI is InChI=1S/C18H18FNO3/c1-22-15-9-13-6-7-20(11-12-4-3-5-14(19)8-12)18(21)17(13)16(10-15)23-2/h3-5,8-10H,6-7,11H2,1-2H3. The van der Waals surface area contributed by atoms with Crippen LogP contribution in [0.3, 0.4) is 0 Å². The van der Waals surface area contributed by atoms with Crippen LogP contribution in [0.5, 0.6) is 11.5 Å². The van der Waals surface area contributed by atoms with Crippen molar-refractivity contribution in [2.45, 2.75) is 13.0 Å². The first-order valence-electron chi connectivity index (χ1n) is 7.41. The fourth-order valence-electron chi connectivity index (χ4n) is 2.89. The molecule has 5 heteroatoms. The van der Waals surface area contributed by atoms with Crippen molar-refractivity contribution < 1.29 is 18.7 Å². The lowest BCUT2D eigenvalue weighted by Crippen LogP contribution is -2.37. The molecule has 3 rings (SSSR count). The van der Waals surface area contributed by atoms with Gasteiger partial charge in [-0.1, -0.05) is 12.1 Å². The van der Waals surface area contributed by atoms with E-state index in [1.165, 1.54) is 19.2 Å². The quantitative estimate of drug-likeness (QED) is 0.870. The zero-order chi connectivity index (χ0) is 16.4. The van der Waals surface area contributed by atoms with Gasteiger partial charge in [0.1, 0.15) is 17.3 Å². The molecule has 1 heterocycles. The molecule has 0 fully saturated rings. The molecule has 0 spiro atoms. The predicted molar refractivity (Wildman–Crippen MR) is 84.4 cm³/mol. The average Bonchev–Trinajstić information content (AvgIpc) is 2.56. The van der Waals surface area contributed by atoms with E-state index in [2.05, 4.69) is 0 Å². The van der Waals surface area contributed by atoms with Gasteiger partial charge in [-0.15, -0.1) is 0 Å². The smallest absolute Gasteiger partial charge is 0.258 e. The molecule has 0 radical (unpaired) electrons. The van der Waals surface area contributed by atoms with Crippen LogP contribution < -0.4 is 9.47 Å². The number of nitrogens with zero attached hydrogens (tertiary/aromatic N) is 1. The summed E-state index contributed by atoms with van der Waals surface area (Å²) < 4.78 is 23.9. The summed E-state index contributed by atoms with van der Waals surface area (Å²) in [6, 6.07) is 9.90. The van der Waals surface area contributed by atoms with Crippen LogP contribution in [0.15, 0.2) is 36.4 Å². The Labute approximate surface area is 134 Å².